The van der Waals surface area contributed by atoms with E-state index >= 15 is 0 Å². The second-order valence-corrected chi connectivity index (χ2v) is 23.3. The van der Waals surface area contributed by atoms with Crippen molar-refractivity contribution in [2.24, 2.45) is 21.5 Å². The van der Waals surface area contributed by atoms with E-state index in [1.807, 2.05) is 0 Å². The molecule has 0 saturated heterocycles. The number of rotatable bonds is 46. The number of halogens is 3. The molecule has 0 aromatic heterocycles. The van der Waals surface area contributed by atoms with Crippen molar-refractivity contribution in [2.45, 2.75) is 89.0 Å². The lowest BCUT2D eigenvalue weighted by molar-refractivity contribution is -0.147. The van der Waals surface area contributed by atoms with E-state index in [1.165, 1.54) is 33.1 Å². The number of alkyl carbamates (subject to hydrolysis) is 2. The topological polar surface area (TPSA) is 573 Å². The first kappa shape index (κ1) is 137. The van der Waals surface area contributed by atoms with Crippen LogP contribution in [0.3, 0.4) is 0 Å². The molecule has 0 spiro atoms. The summed E-state index contributed by atoms with van der Waals surface area (Å²) in [5.41, 5.74) is 14.0. The van der Waals surface area contributed by atoms with Gasteiger partial charge >= 0.3 is 65.9 Å². The number of aliphatic hydroxyl groups excluding tert-OH is 3. The maximum absolute atomic E-state index is 11.4. The first-order chi connectivity index (χ1) is 57.0. The van der Waals surface area contributed by atoms with Crippen LogP contribution in [0.5, 0.6) is 0 Å². The van der Waals surface area contributed by atoms with Gasteiger partial charge in [0.2, 0.25) is 27.9 Å². The number of aliphatic hydroxyl groups is 3. The van der Waals surface area contributed by atoms with E-state index in [9.17, 15) is 76.7 Å². The first-order valence-corrected chi connectivity index (χ1v) is 36.6. The number of nitrogens with one attached hydrogen (secondary N) is 2. The molecule has 0 rings (SSSR count). The number of nitrogens with zero attached hydrogens (tertiary/aromatic N) is 2. The van der Waals surface area contributed by atoms with Crippen molar-refractivity contribution in [3.8, 4) is 0 Å². The van der Waals surface area contributed by atoms with Crippen LogP contribution in [0.1, 0.15) is 89.0 Å². The first-order valence-electron chi connectivity index (χ1n) is 35.5. The van der Waals surface area contributed by atoms with Gasteiger partial charge in [-0.05, 0) is 117 Å². The predicted molar refractivity (Wildman–Crippen MR) is 454 cm³/mol. The number of carbonyl (C=O) groups is 14. The fraction of sp³-hybridized carbons (Fsp3) is 0.519. The molecule has 0 bridgehead atoms. The molecule has 43 heteroatoms. The highest BCUT2D eigenvalue weighted by molar-refractivity contribution is 6.68. The highest BCUT2D eigenvalue weighted by Gasteiger charge is 2.11. The number of isocyanates is 2. The molecule has 0 saturated carbocycles. The summed E-state index contributed by atoms with van der Waals surface area (Å²) < 4.78 is 70.6. The fourth-order valence-electron chi connectivity index (χ4n) is 3.95. The third-order valence-corrected chi connectivity index (χ3v) is 10.8. The Labute approximate surface area is 729 Å². The lowest BCUT2D eigenvalue weighted by atomic mass is 10.3. The Morgan fingerprint density at radius 3 is 0.746 bits per heavy atom. The second-order valence-electron chi connectivity index (χ2n) is 22.2. The number of aliphatic imine (C=N–C) groups is 2. The maximum Gasteiger partial charge on any atom is 0.407 e. The molecule has 0 fully saturated rings. The molecule has 2 amide bonds. The van der Waals surface area contributed by atoms with E-state index in [0.717, 1.165) is 0 Å². The van der Waals surface area contributed by atoms with Gasteiger partial charge in [-0.25, -0.2) is 67.5 Å². The number of amides is 2. The third-order valence-electron chi connectivity index (χ3n) is 9.85. The van der Waals surface area contributed by atoms with Gasteiger partial charge in [0.25, 0.3) is 0 Å². The van der Waals surface area contributed by atoms with Crippen molar-refractivity contribution < 1.29 is 163 Å². The van der Waals surface area contributed by atoms with E-state index in [4.69, 9.17) is 99.5 Å². The van der Waals surface area contributed by atoms with Gasteiger partial charge in [0.1, 0.15) is 66.1 Å². The minimum atomic E-state index is -0.723. The van der Waals surface area contributed by atoms with Crippen molar-refractivity contribution in [2.75, 3.05) is 186 Å². The molecule has 40 nitrogen and oxygen atoms in total. The number of hydrogen-bond acceptors (Lipinski definition) is 38. The van der Waals surface area contributed by atoms with E-state index in [0.29, 0.717) is 109 Å². The van der Waals surface area contributed by atoms with Crippen LogP contribution in [0.25, 0.3) is 0 Å². The fourth-order valence-corrected chi connectivity index (χ4v) is 3.95. The van der Waals surface area contributed by atoms with E-state index in [-0.39, 0.29) is 136 Å². The number of hydrogen-bond donors (Lipinski definition) is 7. The van der Waals surface area contributed by atoms with Gasteiger partial charge in [-0.15, -0.1) is 0 Å². The van der Waals surface area contributed by atoms with Crippen molar-refractivity contribution >= 4 is 129 Å². The largest absolute Gasteiger partial charge is 0.462 e. The Hall–Kier alpha value is -10.8. The molecule has 0 aromatic rings. The van der Waals surface area contributed by atoms with Gasteiger partial charge in [0, 0.05) is 102 Å². The smallest absolute Gasteiger partial charge is 0.407 e. The van der Waals surface area contributed by atoms with Crippen LogP contribution in [-0.4, -0.2) is 295 Å². The highest BCUT2D eigenvalue weighted by atomic mass is 35.5. The molecule has 0 atom stereocenters. The number of nitrogens with two attached hydrogens (primary N) is 2. The molecular weight excluding hydrogens is 1680 g/mol. The Morgan fingerprint density at radius 1 is 0.311 bits per heavy atom. The minimum absolute atomic E-state index is 0.00820. The maximum atomic E-state index is 11.4. The molecule has 698 valence electrons. The standard InChI is InChI=1S/C17H25NO8.C10H17NO5.C10H14O4.2C7H9NO3.C7H12O3.3C4H5ClO.C4H12N2O.C3H8O2.C2H6O2/c1-12(2)15(20)24-8-5-6-14(19)23-10-11-26-17(22)18-7-9-25-16(21)13(3)4;1-8(2)9(12)15-5-4-11-10(13)16-7-6-14-3;1-7(2)9(11)13-5-6-14-10(12)8(3)4;2*1-6(2)7(10)11-4-3-8-5-9;1-6(2)7(8)10-5-4-9-3;3*1-3(2)4(5)6;5-1-3-7-4-2-6;1-5-3-2-4;3-1-2-4/h1,3,5-11H2,2,4H3,(H,18,22);1,4-7H2,2-3H3,(H,11,13);1,3,5-6H2,2,4H3;2*1,3-4H2,2H3;1,4-5H2,2-3H3;3*1H2,2H3;1-6H2;4H,2-3H2,1H3;3-4H,1-2H2. The third kappa shape index (κ3) is 135. The number of carbonyl (C=O) groups excluding carboxylic acids is 16. The zero-order valence-corrected chi connectivity index (χ0v) is 74.8. The van der Waals surface area contributed by atoms with E-state index in [1.54, 1.807) is 76.5 Å². The molecule has 9 N–H and O–H groups in total. The Balaban J connectivity index is -0.000000113. The van der Waals surface area contributed by atoms with Crippen LogP contribution in [-0.2, 0) is 138 Å². The van der Waals surface area contributed by atoms with Gasteiger partial charge in [-0.2, -0.15) is 0 Å². The second kappa shape index (κ2) is 104. The molecule has 0 heterocycles. The van der Waals surface area contributed by atoms with Gasteiger partial charge in [0.15, 0.2) is 0 Å². The summed E-state index contributed by atoms with van der Waals surface area (Å²) in [6, 6.07) is 0. The summed E-state index contributed by atoms with van der Waals surface area (Å²) in [6.45, 7) is 58.9. The average Bonchev–Trinajstić information content (AvgIpc) is 1.01. The van der Waals surface area contributed by atoms with Crippen molar-refractivity contribution in [3.63, 3.8) is 0 Å². The number of methoxy groups -OCH3 is 3. The highest BCUT2D eigenvalue weighted by Crippen LogP contribution is 2.01. The summed E-state index contributed by atoms with van der Waals surface area (Å²) in [4.78, 5) is 175. The zero-order chi connectivity index (χ0) is 97.4. The summed E-state index contributed by atoms with van der Waals surface area (Å²) in [5.74, 6) is -4.29. The van der Waals surface area contributed by atoms with Crippen LogP contribution in [0.15, 0.2) is 144 Å². The van der Waals surface area contributed by atoms with Crippen molar-refractivity contribution in [1.29, 1.82) is 0 Å². The number of ether oxygens (including phenoxy) is 15. The zero-order valence-electron chi connectivity index (χ0n) is 72.6. The molecule has 0 unspecified atom stereocenters. The minimum Gasteiger partial charge on any atom is -0.462 e. The number of esters is 9. The van der Waals surface area contributed by atoms with E-state index < -0.39 is 75.7 Å². The molecule has 122 heavy (non-hydrogen) atoms. The molecule has 0 radical (unpaired) electrons. The van der Waals surface area contributed by atoms with E-state index in [2.05, 4.69) is 126 Å². The van der Waals surface area contributed by atoms with Crippen molar-refractivity contribution in [1.82, 2.24) is 10.6 Å². The van der Waals surface area contributed by atoms with Crippen LogP contribution in [0, 0.1) is 0 Å². The summed E-state index contributed by atoms with van der Waals surface area (Å²) in [7, 11) is 4.61. The quantitative estimate of drug-likeness (QED) is 0.00687. The normalized spacial score (nSPS) is 8.77. The van der Waals surface area contributed by atoms with Crippen LogP contribution in [0.4, 0.5) is 9.59 Å². The lowest BCUT2D eigenvalue weighted by Crippen LogP contribution is -2.29. The van der Waals surface area contributed by atoms with Gasteiger partial charge < -0.3 is 108 Å². The van der Waals surface area contributed by atoms with Crippen LogP contribution in [0.2, 0.25) is 0 Å². The molecule has 0 aliphatic carbocycles. The predicted octanol–water partition coefficient (Wildman–Crippen LogP) is 6.11. The lowest BCUT2D eigenvalue weighted by Gasteiger charge is -2.08. The summed E-state index contributed by atoms with van der Waals surface area (Å²) >= 11 is 14.6. The SMILES string of the molecule is C=C(C)C(=O)Cl.C=C(C)C(=O)Cl.C=C(C)C(=O)Cl.C=C(C)C(=O)OCCCC(=O)OCCOC(=O)NCCOC(=O)C(=C)C.C=C(C)C(=O)OCCN=C=O.C=C(C)C(=O)OCCN=C=O.C=C(C)C(=O)OCCNC(=O)OCCOC.C=C(C)C(=O)OCCOC.C=C(C)C(=O)OCCOC(=O)C(=C)C.COCCO.NCCOCCN.OCCO. The molecule has 0 aromatic carbocycles. The average molecular weight is 1810 g/mol. The Morgan fingerprint density at radius 2 is 0.533 bits per heavy atom. The molecule has 0 aliphatic rings. The van der Waals surface area contributed by atoms with Gasteiger partial charge in [0.05, 0.1) is 85.6 Å². The number of allylic oxidation sites excluding steroid dienone is 3. The van der Waals surface area contributed by atoms with Crippen molar-refractivity contribution in [3.05, 3.63) is 134 Å². The van der Waals surface area contributed by atoms with Crippen LogP contribution < -0.4 is 22.1 Å². The van der Waals surface area contributed by atoms with Gasteiger partial charge in [-0.3, -0.25) is 19.2 Å². The Bertz CT molecular complexity index is 3050. The summed E-state index contributed by atoms with van der Waals surface area (Å²) in [5, 5.41) is 26.6. The monoisotopic (exact) mass is 1810 g/mol. The molecule has 0 aliphatic heterocycles. The van der Waals surface area contributed by atoms with Crippen LogP contribution >= 0.6 is 34.8 Å². The van der Waals surface area contributed by atoms with Gasteiger partial charge in [-0.1, -0.05) is 72.4 Å². The Kier molecular flexibility index (Phi) is 117. The molecular formula is C79H127Cl3N6O34. The summed E-state index contributed by atoms with van der Waals surface area (Å²) in [6.07, 6.45) is 1.77.